The van der Waals surface area contributed by atoms with Crippen molar-refractivity contribution in [3.63, 3.8) is 0 Å². The van der Waals surface area contributed by atoms with Crippen molar-refractivity contribution in [2.75, 3.05) is 39.6 Å². The molecule has 17 nitrogen and oxygen atoms in total. The summed E-state index contributed by atoms with van der Waals surface area (Å²) in [4.78, 5) is 73.3. The van der Waals surface area contributed by atoms with Crippen LogP contribution in [0.1, 0.15) is 459 Å². The zero-order valence-electron chi connectivity index (χ0n) is 69.9. The number of phosphoric acid groups is 2. The highest BCUT2D eigenvalue weighted by molar-refractivity contribution is 7.47. The van der Waals surface area contributed by atoms with Crippen LogP contribution in [0.3, 0.4) is 0 Å². The molecule has 19 heteroatoms. The van der Waals surface area contributed by atoms with Crippen LogP contribution in [0.5, 0.6) is 0 Å². The fourth-order valence-corrected chi connectivity index (χ4v) is 15.1. The van der Waals surface area contributed by atoms with Gasteiger partial charge in [0.05, 0.1) is 26.4 Å². The van der Waals surface area contributed by atoms with Gasteiger partial charge in [-0.15, -0.1) is 0 Å². The molecule has 0 heterocycles. The van der Waals surface area contributed by atoms with Gasteiger partial charge in [0.1, 0.15) is 19.3 Å². The Kier molecular flexibility index (Phi) is 75.6. The molecule has 0 aliphatic carbocycles. The molecule has 3 N–H and O–H groups in total. The van der Waals surface area contributed by atoms with Gasteiger partial charge in [-0.2, -0.15) is 0 Å². The van der Waals surface area contributed by atoms with Crippen LogP contribution in [0.4, 0.5) is 0 Å². The lowest BCUT2D eigenvalue weighted by atomic mass is 9.99. The molecule has 0 saturated heterocycles. The molecule has 4 unspecified atom stereocenters. The number of ether oxygens (including phenoxy) is 4. The van der Waals surface area contributed by atoms with Crippen LogP contribution in [0.25, 0.3) is 0 Å². The van der Waals surface area contributed by atoms with Crippen molar-refractivity contribution in [1.82, 2.24) is 0 Å². The van der Waals surface area contributed by atoms with E-state index >= 15 is 0 Å². The predicted octanol–water partition coefficient (Wildman–Crippen LogP) is 26.5. The van der Waals surface area contributed by atoms with E-state index in [1.54, 1.807) is 0 Å². The molecule has 0 saturated carbocycles. The molecular weight excluding hydrogens is 1380 g/mol. The summed E-state index contributed by atoms with van der Waals surface area (Å²) < 4.78 is 68.9. The number of hydrogen-bond donors (Lipinski definition) is 3. The third-order valence-electron chi connectivity index (χ3n) is 21.1. The quantitative estimate of drug-likeness (QED) is 0.0222. The first-order valence-corrected chi connectivity index (χ1v) is 47.9. The second-order valence-electron chi connectivity index (χ2n) is 32.2. The predicted molar refractivity (Wildman–Crippen MR) is 437 cm³/mol. The number of unbranched alkanes of at least 4 members (excludes halogenated alkanes) is 51. The third-order valence-corrected chi connectivity index (χ3v) is 23.0. The molecule has 0 aliphatic rings. The van der Waals surface area contributed by atoms with Gasteiger partial charge in [-0.05, 0) is 43.4 Å². The minimum Gasteiger partial charge on any atom is -0.462 e. The number of carbonyl (C=O) groups is 4. The Morgan fingerprint density at radius 1 is 0.274 bits per heavy atom. The van der Waals surface area contributed by atoms with Crippen LogP contribution < -0.4 is 0 Å². The topological polar surface area (TPSA) is 237 Å². The van der Waals surface area contributed by atoms with Crippen molar-refractivity contribution >= 4 is 39.5 Å². The first-order valence-electron chi connectivity index (χ1n) is 44.9. The highest BCUT2D eigenvalue weighted by Gasteiger charge is 2.31. The number of carbonyl (C=O) groups excluding carboxylic acids is 4. The normalized spacial score (nSPS) is 14.4. The Labute approximate surface area is 651 Å². The van der Waals surface area contributed by atoms with Gasteiger partial charge in [-0.25, -0.2) is 9.13 Å². The Morgan fingerprint density at radius 3 is 0.717 bits per heavy atom. The minimum atomic E-state index is -4.97. The van der Waals surface area contributed by atoms with Crippen LogP contribution >= 0.6 is 15.6 Å². The summed E-state index contributed by atoms with van der Waals surface area (Å²) in [5.74, 6) is 0.353. The van der Waals surface area contributed by atoms with Gasteiger partial charge in [0, 0.05) is 25.7 Å². The molecule has 0 fully saturated rings. The number of esters is 4. The molecule has 0 bridgehead atoms. The van der Waals surface area contributed by atoms with E-state index in [0.717, 1.165) is 108 Å². The smallest absolute Gasteiger partial charge is 0.462 e. The number of aliphatic hydroxyl groups is 1. The lowest BCUT2D eigenvalue weighted by Crippen LogP contribution is -2.30. The van der Waals surface area contributed by atoms with E-state index in [-0.39, 0.29) is 25.7 Å². The Morgan fingerprint density at radius 2 is 0.481 bits per heavy atom. The van der Waals surface area contributed by atoms with Crippen molar-refractivity contribution in [3.8, 4) is 0 Å². The SMILES string of the molecule is CCCCCCCCCCCCCCCCC(=O)O[C@H](COC(=O)CCCCCCCCCCC(C)CC)COP(=O)(O)OC[C@H](O)COP(=O)(O)OC[C@@H](COC(=O)CCCCCCCCCCCCCCCCCC(C)C)OC(=O)CCCCCCCCCCCCCCCCCCCCC(C)CC. The van der Waals surface area contributed by atoms with Gasteiger partial charge in [0.2, 0.25) is 0 Å². The monoisotopic (exact) mass is 1550 g/mol. The molecule has 0 amide bonds. The molecular formula is C87H170O17P2. The van der Waals surface area contributed by atoms with Crippen molar-refractivity contribution < 1.29 is 80.2 Å². The zero-order valence-corrected chi connectivity index (χ0v) is 71.7. The molecule has 0 rings (SSSR count). The molecule has 0 aromatic heterocycles. The lowest BCUT2D eigenvalue weighted by molar-refractivity contribution is -0.161. The van der Waals surface area contributed by atoms with Gasteiger partial charge < -0.3 is 33.8 Å². The molecule has 0 aliphatic heterocycles. The van der Waals surface area contributed by atoms with Crippen LogP contribution in [-0.4, -0.2) is 96.7 Å². The van der Waals surface area contributed by atoms with Gasteiger partial charge in [-0.3, -0.25) is 37.3 Å². The fourth-order valence-electron chi connectivity index (χ4n) is 13.5. The van der Waals surface area contributed by atoms with Crippen molar-refractivity contribution in [3.05, 3.63) is 0 Å². The second-order valence-corrected chi connectivity index (χ2v) is 35.1. The average Bonchev–Trinajstić information content (AvgIpc) is 0.907. The van der Waals surface area contributed by atoms with Gasteiger partial charge >= 0.3 is 39.5 Å². The average molecular weight is 1550 g/mol. The summed E-state index contributed by atoms with van der Waals surface area (Å²) in [7, 11) is -9.93. The highest BCUT2D eigenvalue weighted by atomic mass is 31.2. The van der Waals surface area contributed by atoms with E-state index in [1.807, 2.05) is 0 Å². The molecule has 0 aromatic rings. The van der Waals surface area contributed by atoms with Crippen LogP contribution in [0, 0.1) is 17.8 Å². The minimum absolute atomic E-state index is 0.108. The molecule has 0 aromatic carbocycles. The number of hydrogen-bond acceptors (Lipinski definition) is 15. The largest absolute Gasteiger partial charge is 0.472 e. The first kappa shape index (κ1) is 104. The van der Waals surface area contributed by atoms with E-state index < -0.39 is 97.5 Å². The van der Waals surface area contributed by atoms with Crippen molar-refractivity contribution in [2.45, 2.75) is 478 Å². The van der Waals surface area contributed by atoms with Gasteiger partial charge in [0.15, 0.2) is 12.2 Å². The van der Waals surface area contributed by atoms with E-state index in [0.29, 0.717) is 25.7 Å². The first-order chi connectivity index (χ1) is 51.3. The van der Waals surface area contributed by atoms with Crippen molar-refractivity contribution in [1.29, 1.82) is 0 Å². The standard InChI is InChI=1S/C87H170O17P2/c1-8-11-12-13-14-15-16-17-29-35-40-49-56-63-70-86(91)104-83(75-98-85(90)69-62-55-48-43-42-46-53-60-67-80(7)10-3)77-102-106(95,96)100-73-81(88)72-99-105(93,94)101-76-82(74-97-84(89)68-61-54-47-39-34-30-26-22-23-27-32-37-44-51-58-65-78(4)5)103-87(92)71-64-57-50-41-36-31-25-21-19-18-20-24-28-33-38-45-52-59-66-79(6)9-2/h78-83,88H,8-77H2,1-7H3,(H,93,94)(H,95,96)/t79?,80?,81-,82-,83-/m1/s1. The molecule has 106 heavy (non-hydrogen) atoms. The molecule has 0 spiro atoms. The maximum atomic E-state index is 13.2. The van der Waals surface area contributed by atoms with E-state index in [9.17, 15) is 43.2 Å². The maximum Gasteiger partial charge on any atom is 0.472 e. The highest BCUT2D eigenvalue weighted by Crippen LogP contribution is 2.45. The lowest BCUT2D eigenvalue weighted by Gasteiger charge is -2.21. The zero-order chi connectivity index (χ0) is 77.9. The second kappa shape index (κ2) is 77.0. The summed E-state index contributed by atoms with van der Waals surface area (Å²) in [6.07, 6.45) is 67.9. The number of aliphatic hydroxyl groups excluding tert-OH is 1. The summed E-state index contributed by atoms with van der Waals surface area (Å²) in [6.45, 7) is 12.1. The Hall–Kier alpha value is -1.94. The number of rotatable bonds is 85. The van der Waals surface area contributed by atoms with Gasteiger partial charge in [0.25, 0.3) is 0 Å². The molecule has 7 atom stereocenters. The Bertz CT molecular complexity index is 2050. The van der Waals surface area contributed by atoms with Gasteiger partial charge in [-0.1, -0.05) is 408 Å². The van der Waals surface area contributed by atoms with Crippen LogP contribution in [0.15, 0.2) is 0 Å². The number of phosphoric ester groups is 2. The van der Waals surface area contributed by atoms with E-state index in [2.05, 4.69) is 48.5 Å². The van der Waals surface area contributed by atoms with Crippen LogP contribution in [0.2, 0.25) is 0 Å². The van der Waals surface area contributed by atoms with E-state index in [1.165, 1.54) is 270 Å². The summed E-state index contributed by atoms with van der Waals surface area (Å²) >= 11 is 0. The summed E-state index contributed by atoms with van der Waals surface area (Å²) in [6, 6.07) is 0. The summed E-state index contributed by atoms with van der Waals surface area (Å²) in [5, 5.41) is 10.7. The molecule has 630 valence electrons. The fraction of sp³-hybridized carbons (Fsp3) is 0.954. The van der Waals surface area contributed by atoms with Crippen LogP contribution in [-0.2, 0) is 65.4 Å². The maximum absolute atomic E-state index is 13.2. The summed E-state index contributed by atoms with van der Waals surface area (Å²) in [5.41, 5.74) is 0. The molecule has 0 radical (unpaired) electrons. The van der Waals surface area contributed by atoms with E-state index in [4.69, 9.17) is 37.0 Å². The Balaban J connectivity index is 5.25. The van der Waals surface area contributed by atoms with Crippen molar-refractivity contribution in [2.24, 2.45) is 17.8 Å². The third kappa shape index (κ3) is 77.4.